The average molecular weight is 534 g/mol. The Morgan fingerprint density at radius 1 is 0.778 bits per heavy atom. The summed E-state index contributed by atoms with van der Waals surface area (Å²) in [6.07, 6.45) is 3.70. The molecule has 0 radical (unpaired) electrons. The third kappa shape index (κ3) is 2.46. The van der Waals surface area contributed by atoms with E-state index >= 15 is 0 Å². The zero-order valence-electron chi connectivity index (χ0n) is 8.91. The van der Waals surface area contributed by atoms with Gasteiger partial charge in [0.15, 0.2) is 0 Å². The predicted molar refractivity (Wildman–Crippen MR) is 83.3 cm³/mol. The quantitative estimate of drug-likeness (QED) is 0.412. The van der Waals surface area contributed by atoms with Gasteiger partial charge in [-0.15, -0.1) is 0 Å². The van der Waals surface area contributed by atoms with Crippen LogP contribution in [0.25, 0.3) is 0 Å². The van der Waals surface area contributed by atoms with E-state index in [0.29, 0.717) is 59.8 Å². The summed E-state index contributed by atoms with van der Waals surface area (Å²) in [4.78, 5) is 9.02. The zero-order chi connectivity index (χ0) is 11.9. The third-order valence-corrected chi connectivity index (χ3v) is 21.9. The molecule has 4 rings (SSSR count). The fraction of sp³-hybridized carbons (Fsp3) is 0.200. The van der Waals surface area contributed by atoms with E-state index in [-0.39, 0.29) is 0 Å². The molecule has 0 fully saturated rings. The standard InChI is InChI=1S/C10H6N2S2Se4/c1-2-12-6-5(11-1)15-9(16-6)10-17-7-8(18-10)14-4-3-13-7/h1-2H,3-4H2. The summed E-state index contributed by atoms with van der Waals surface area (Å²) in [6, 6.07) is 0. The first-order valence-electron chi connectivity index (χ1n) is 5.17. The molecule has 0 aliphatic carbocycles. The number of thioether (sulfide) groups is 2. The zero-order valence-corrected chi connectivity index (χ0v) is 17.4. The van der Waals surface area contributed by atoms with Gasteiger partial charge >= 0.3 is 141 Å². The van der Waals surface area contributed by atoms with Crippen LogP contribution in [0.5, 0.6) is 0 Å². The van der Waals surface area contributed by atoms with Gasteiger partial charge in [0.05, 0.1) is 0 Å². The Hall–Kier alpha value is 1.34. The molecular weight excluding hydrogens is 528 g/mol. The van der Waals surface area contributed by atoms with Gasteiger partial charge in [-0.3, -0.25) is 0 Å². The van der Waals surface area contributed by atoms with E-state index in [0.717, 1.165) is 0 Å². The topological polar surface area (TPSA) is 25.8 Å². The van der Waals surface area contributed by atoms with E-state index < -0.39 is 0 Å². The Morgan fingerprint density at radius 2 is 1.28 bits per heavy atom. The molecule has 0 spiro atoms. The number of hydrogen-bond donors (Lipinski definition) is 0. The number of rotatable bonds is 0. The van der Waals surface area contributed by atoms with Crippen molar-refractivity contribution in [3.63, 3.8) is 0 Å². The molecule has 0 aromatic carbocycles. The van der Waals surface area contributed by atoms with Crippen molar-refractivity contribution < 1.29 is 0 Å². The predicted octanol–water partition coefficient (Wildman–Crippen LogP) is -0.696. The van der Waals surface area contributed by atoms with Crippen LogP contribution in [0, 0.1) is 0 Å². The molecule has 0 saturated carbocycles. The number of aromatic nitrogens is 2. The van der Waals surface area contributed by atoms with E-state index in [1.54, 1.807) is 11.0 Å². The van der Waals surface area contributed by atoms with Crippen LogP contribution in [0.1, 0.15) is 0 Å². The van der Waals surface area contributed by atoms with Gasteiger partial charge in [-0.25, -0.2) is 0 Å². The molecule has 0 atom stereocenters. The summed E-state index contributed by atoms with van der Waals surface area (Å²) in [7, 11) is 0. The first-order valence-corrected chi connectivity index (χ1v) is 14.0. The van der Waals surface area contributed by atoms with E-state index in [1.807, 2.05) is 15.8 Å². The SMILES string of the molecule is c1cnc2c(n1)[Se]C(=C1[Se]C3=C(SCCS3)[Se]1)[Se]2. The van der Waals surface area contributed by atoms with E-state index in [2.05, 4.69) is 33.5 Å². The van der Waals surface area contributed by atoms with Gasteiger partial charge < -0.3 is 0 Å². The summed E-state index contributed by atoms with van der Waals surface area (Å²) >= 11 is 6.57. The molecule has 18 heavy (non-hydrogen) atoms. The van der Waals surface area contributed by atoms with Gasteiger partial charge in [-0.1, -0.05) is 0 Å². The maximum atomic E-state index is 4.51. The summed E-state index contributed by atoms with van der Waals surface area (Å²) in [5.74, 6) is 2.65. The van der Waals surface area contributed by atoms with Crippen molar-refractivity contribution in [1.82, 2.24) is 9.97 Å². The fourth-order valence-electron chi connectivity index (χ4n) is 1.53. The van der Waals surface area contributed by atoms with Gasteiger partial charge in [0.2, 0.25) is 0 Å². The third-order valence-electron chi connectivity index (χ3n) is 2.27. The molecular formula is C10H6N2S2Se4. The molecule has 0 amide bonds. The van der Waals surface area contributed by atoms with Crippen molar-refractivity contribution in [2.75, 3.05) is 11.5 Å². The second-order valence-corrected chi connectivity index (χ2v) is 17.9. The van der Waals surface area contributed by atoms with Crippen molar-refractivity contribution in [3.05, 3.63) is 26.7 Å². The number of nitrogens with zero attached hydrogens (tertiary/aromatic N) is 2. The molecule has 1 aromatic heterocycles. The normalized spacial score (nSPS) is 22.4. The second kappa shape index (κ2) is 5.61. The van der Waals surface area contributed by atoms with Gasteiger partial charge in [-0.05, 0) is 0 Å². The molecule has 8 heteroatoms. The first kappa shape index (κ1) is 13.0. The Labute approximate surface area is 139 Å². The Bertz CT molecular complexity index is 540. The molecule has 0 bridgehead atoms. The Kier molecular flexibility index (Phi) is 4.06. The molecule has 92 valence electrons. The van der Waals surface area contributed by atoms with Gasteiger partial charge in [0, 0.05) is 0 Å². The average Bonchev–Trinajstić information content (AvgIpc) is 3.02. The Morgan fingerprint density at radius 3 is 1.83 bits per heavy atom. The maximum absolute atomic E-state index is 4.51. The summed E-state index contributed by atoms with van der Waals surface area (Å²) in [6.45, 7) is 0. The van der Waals surface area contributed by atoms with Crippen LogP contribution in [0.15, 0.2) is 26.7 Å². The van der Waals surface area contributed by atoms with Crippen LogP contribution >= 0.6 is 23.5 Å². The summed E-state index contributed by atoms with van der Waals surface area (Å²) in [5.41, 5.74) is 0. The van der Waals surface area contributed by atoms with E-state index in [1.165, 1.54) is 20.7 Å². The van der Waals surface area contributed by atoms with Crippen molar-refractivity contribution in [1.29, 1.82) is 0 Å². The number of fused-ring (bicyclic) bond motifs is 1. The van der Waals surface area contributed by atoms with Crippen molar-refractivity contribution in [2.24, 2.45) is 0 Å². The van der Waals surface area contributed by atoms with Crippen LogP contribution in [0.2, 0.25) is 0 Å². The number of hydrogen-bond acceptors (Lipinski definition) is 4. The van der Waals surface area contributed by atoms with Crippen LogP contribution in [-0.2, 0) is 0 Å². The molecule has 0 unspecified atom stereocenters. The first-order chi connectivity index (χ1) is 8.90. The monoisotopic (exact) mass is 538 g/mol. The summed E-state index contributed by atoms with van der Waals surface area (Å²) in [5, 5.41) is 0. The van der Waals surface area contributed by atoms with Gasteiger partial charge in [0.1, 0.15) is 0 Å². The van der Waals surface area contributed by atoms with Crippen molar-refractivity contribution in [2.45, 2.75) is 0 Å². The van der Waals surface area contributed by atoms with Crippen LogP contribution in [0.3, 0.4) is 0 Å². The molecule has 0 N–H and O–H groups in total. The Balaban J connectivity index is 1.62. The van der Waals surface area contributed by atoms with Crippen molar-refractivity contribution >= 4 is 92.5 Å². The molecule has 0 saturated heterocycles. The minimum absolute atomic E-state index is 0.492. The van der Waals surface area contributed by atoms with Crippen molar-refractivity contribution in [3.8, 4) is 0 Å². The van der Waals surface area contributed by atoms with Crippen LogP contribution in [-0.4, -0.2) is 81.3 Å². The molecule has 4 heterocycles. The second-order valence-electron chi connectivity index (χ2n) is 3.42. The molecule has 3 aliphatic rings. The van der Waals surface area contributed by atoms with Gasteiger partial charge in [-0.2, -0.15) is 0 Å². The fourth-order valence-corrected chi connectivity index (χ4v) is 22.0. The molecule has 3 aliphatic heterocycles. The summed E-state index contributed by atoms with van der Waals surface area (Å²) < 4.78 is 9.73. The van der Waals surface area contributed by atoms with E-state index in [4.69, 9.17) is 0 Å². The molecule has 2 nitrogen and oxygen atoms in total. The van der Waals surface area contributed by atoms with Crippen LogP contribution in [0.4, 0.5) is 0 Å². The van der Waals surface area contributed by atoms with Crippen LogP contribution < -0.4 is 9.18 Å². The van der Waals surface area contributed by atoms with Gasteiger partial charge in [0.25, 0.3) is 0 Å². The van der Waals surface area contributed by atoms with E-state index in [9.17, 15) is 0 Å². The molecule has 1 aromatic rings. The minimum atomic E-state index is 0.492.